The number of aliphatic imine (C=N–C) groups is 1. The molecular weight excluding hydrogens is 428 g/mol. The summed E-state index contributed by atoms with van der Waals surface area (Å²) in [6, 6.07) is 7.96. The zero-order valence-corrected chi connectivity index (χ0v) is 17.5. The molecule has 0 aliphatic carbocycles. The molecule has 31 heavy (non-hydrogen) atoms. The molecule has 0 radical (unpaired) electrons. The fourth-order valence-electron chi connectivity index (χ4n) is 3.08. The molecule has 3 rings (SSSR count). The maximum Gasteiger partial charge on any atom is 0.274 e. The lowest BCUT2D eigenvalue weighted by Gasteiger charge is -2.38. The molecule has 1 aliphatic rings. The number of amides is 1. The highest BCUT2D eigenvalue weighted by Gasteiger charge is 2.51. The van der Waals surface area contributed by atoms with E-state index >= 15 is 0 Å². The van der Waals surface area contributed by atoms with Crippen molar-refractivity contribution in [2.75, 3.05) is 17.7 Å². The number of benzene rings is 1. The molecule has 1 amide bonds. The summed E-state index contributed by atoms with van der Waals surface area (Å²) in [4.78, 5) is 20.3. The average molecular weight is 447 g/mol. The number of halogens is 2. The quantitative estimate of drug-likeness (QED) is 0.736. The molecule has 0 bridgehead atoms. The maximum atomic E-state index is 14.7. The minimum Gasteiger partial charge on any atom is -0.386 e. The third-order valence-corrected chi connectivity index (χ3v) is 7.85. The molecule has 162 valence electrons. The van der Waals surface area contributed by atoms with E-state index in [0.717, 1.165) is 12.1 Å². The minimum absolute atomic E-state index is 0.00524. The number of carbonyl (C=O) groups excluding carboxylic acids is 1. The van der Waals surface area contributed by atoms with Gasteiger partial charge in [-0.05, 0) is 44.2 Å². The van der Waals surface area contributed by atoms with Gasteiger partial charge in [0.2, 0.25) is 0 Å². The van der Waals surface area contributed by atoms with Crippen LogP contribution in [0.15, 0.2) is 41.5 Å². The smallest absolute Gasteiger partial charge is 0.274 e. The summed E-state index contributed by atoms with van der Waals surface area (Å²) in [5.74, 6) is -2.65. The molecule has 2 heterocycles. The molecule has 1 aromatic carbocycles. The summed E-state index contributed by atoms with van der Waals surface area (Å²) in [7, 11) is -3.97. The number of aromatic nitrogens is 1. The van der Waals surface area contributed by atoms with Crippen molar-refractivity contribution in [3.05, 3.63) is 59.2 Å². The van der Waals surface area contributed by atoms with E-state index < -0.39 is 44.3 Å². The zero-order valence-electron chi connectivity index (χ0n) is 16.7. The lowest BCUT2D eigenvalue weighted by Crippen LogP contribution is -2.56. The molecule has 2 aromatic rings. The van der Waals surface area contributed by atoms with Crippen molar-refractivity contribution in [3.8, 4) is 6.07 Å². The van der Waals surface area contributed by atoms with Crippen molar-refractivity contribution in [1.82, 2.24) is 4.98 Å². The summed E-state index contributed by atoms with van der Waals surface area (Å²) in [6.07, 6.45) is 1.22. The molecule has 0 saturated heterocycles. The van der Waals surface area contributed by atoms with Gasteiger partial charge in [0.05, 0.1) is 11.3 Å². The molecule has 0 saturated carbocycles. The third-order valence-electron chi connectivity index (χ3n) is 5.23. The molecule has 1 aliphatic heterocycles. The number of pyridine rings is 1. The molecule has 0 fully saturated rings. The topological polar surface area (TPSA) is 138 Å². The maximum absolute atomic E-state index is 14.7. The van der Waals surface area contributed by atoms with E-state index in [1.165, 1.54) is 38.2 Å². The van der Waals surface area contributed by atoms with E-state index in [2.05, 4.69) is 15.3 Å². The fourth-order valence-corrected chi connectivity index (χ4v) is 4.73. The first-order valence-corrected chi connectivity index (χ1v) is 10.7. The number of nitrogens with two attached hydrogens (primary N) is 1. The van der Waals surface area contributed by atoms with Crippen LogP contribution in [-0.4, -0.2) is 42.3 Å². The Morgan fingerprint density at radius 1 is 1.32 bits per heavy atom. The Morgan fingerprint density at radius 2 is 2.03 bits per heavy atom. The van der Waals surface area contributed by atoms with E-state index in [1.54, 1.807) is 0 Å². The SMILES string of the molecule is CC1(C)C(N)=N[C@](CF)(c2cc(NC(=O)c3ccc(C#N)cn3)ccc2F)CS1(=O)=O. The van der Waals surface area contributed by atoms with Gasteiger partial charge >= 0.3 is 0 Å². The summed E-state index contributed by atoms with van der Waals surface area (Å²) in [5, 5.41) is 11.3. The predicted molar refractivity (Wildman–Crippen MR) is 110 cm³/mol. The fraction of sp³-hybridized carbons (Fsp3) is 0.300. The van der Waals surface area contributed by atoms with Crippen LogP contribution in [0.3, 0.4) is 0 Å². The summed E-state index contributed by atoms with van der Waals surface area (Å²) >= 11 is 0. The number of nitriles is 1. The van der Waals surface area contributed by atoms with Crippen molar-refractivity contribution < 1.29 is 22.0 Å². The molecule has 11 heteroatoms. The van der Waals surface area contributed by atoms with Gasteiger partial charge in [0.25, 0.3) is 5.91 Å². The Morgan fingerprint density at radius 3 is 2.58 bits per heavy atom. The monoisotopic (exact) mass is 447 g/mol. The first-order valence-electron chi connectivity index (χ1n) is 9.07. The predicted octanol–water partition coefficient (Wildman–Crippen LogP) is 2.07. The highest BCUT2D eigenvalue weighted by Crippen LogP contribution is 2.39. The number of anilines is 1. The van der Waals surface area contributed by atoms with E-state index in [9.17, 15) is 22.0 Å². The van der Waals surface area contributed by atoms with Crippen LogP contribution >= 0.6 is 0 Å². The molecule has 1 atom stereocenters. The van der Waals surface area contributed by atoms with Crippen molar-refractivity contribution in [2.45, 2.75) is 24.1 Å². The Kier molecular flexibility index (Phi) is 5.54. The first kappa shape index (κ1) is 22.3. The highest BCUT2D eigenvalue weighted by molar-refractivity contribution is 7.93. The van der Waals surface area contributed by atoms with E-state index in [-0.39, 0.29) is 28.3 Å². The molecule has 1 aromatic heterocycles. The van der Waals surface area contributed by atoms with Crippen LogP contribution in [0.25, 0.3) is 0 Å². The third kappa shape index (κ3) is 3.86. The summed E-state index contributed by atoms with van der Waals surface area (Å²) in [5.41, 5.74) is 3.75. The van der Waals surface area contributed by atoms with Crippen LogP contribution in [0.4, 0.5) is 14.5 Å². The second kappa shape index (κ2) is 7.70. The number of carbonyl (C=O) groups is 1. The Bertz CT molecular complexity index is 1220. The zero-order chi connectivity index (χ0) is 23.0. The highest BCUT2D eigenvalue weighted by atomic mass is 32.2. The normalized spacial score (nSPS) is 21.6. The molecular formula is C20H19F2N5O3S. The number of rotatable bonds is 4. The number of nitrogens with one attached hydrogen (secondary N) is 1. The van der Waals surface area contributed by atoms with Crippen molar-refractivity contribution in [2.24, 2.45) is 10.7 Å². The van der Waals surface area contributed by atoms with Crippen molar-refractivity contribution in [1.29, 1.82) is 5.26 Å². The van der Waals surface area contributed by atoms with Gasteiger partial charge in [-0.1, -0.05) is 0 Å². The largest absolute Gasteiger partial charge is 0.386 e. The molecule has 3 N–H and O–H groups in total. The van der Waals surface area contributed by atoms with Crippen LogP contribution in [-0.2, 0) is 15.4 Å². The standard InChI is InChI=1S/C20H19F2N5O3S/c1-19(2)18(24)27-20(10-21,11-31(19,29)30)14-7-13(4-5-15(14)22)26-17(28)16-6-3-12(8-23)9-25-16/h3-7,9H,10-11H2,1-2H3,(H2,24,27)(H,26,28)/t20-/m0/s1. The Labute approximate surface area is 177 Å². The second-order valence-corrected chi connectivity index (χ2v) is 10.2. The molecule has 0 spiro atoms. The van der Waals surface area contributed by atoms with Crippen LogP contribution in [0.1, 0.15) is 35.5 Å². The lowest BCUT2D eigenvalue weighted by atomic mass is 9.92. The van der Waals surface area contributed by atoms with Gasteiger partial charge in [-0.2, -0.15) is 5.26 Å². The lowest BCUT2D eigenvalue weighted by molar-refractivity contribution is 0.102. The number of alkyl halides is 1. The number of hydrogen-bond donors (Lipinski definition) is 2. The Balaban J connectivity index is 2.01. The van der Waals surface area contributed by atoms with Gasteiger partial charge < -0.3 is 11.1 Å². The van der Waals surface area contributed by atoms with E-state index in [1.807, 2.05) is 6.07 Å². The number of amidine groups is 1. The Hall–Kier alpha value is -3.39. The van der Waals surface area contributed by atoms with Gasteiger partial charge in [0, 0.05) is 17.4 Å². The number of nitrogens with zero attached hydrogens (tertiary/aromatic N) is 3. The van der Waals surface area contributed by atoms with Crippen molar-refractivity contribution >= 4 is 27.3 Å². The summed E-state index contributed by atoms with van der Waals surface area (Å²) < 4.78 is 52.8. The van der Waals surface area contributed by atoms with E-state index in [0.29, 0.717) is 0 Å². The molecule has 8 nitrogen and oxygen atoms in total. The van der Waals surface area contributed by atoms with Gasteiger partial charge in [-0.3, -0.25) is 9.79 Å². The van der Waals surface area contributed by atoms with Crippen LogP contribution in [0.5, 0.6) is 0 Å². The first-order chi connectivity index (χ1) is 14.5. The van der Waals surface area contributed by atoms with Gasteiger partial charge in [0.1, 0.15) is 40.4 Å². The molecule has 0 unspecified atom stereocenters. The van der Waals surface area contributed by atoms with Crippen LogP contribution in [0, 0.1) is 17.1 Å². The van der Waals surface area contributed by atoms with Gasteiger partial charge in [0.15, 0.2) is 9.84 Å². The van der Waals surface area contributed by atoms with Crippen LogP contribution < -0.4 is 11.1 Å². The van der Waals surface area contributed by atoms with Gasteiger partial charge in [-0.15, -0.1) is 0 Å². The number of sulfone groups is 1. The van der Waals surface area contributed by atoms with E-state index in [4.69, 9.17) is 11.0 Å². The van der Waals surface area contributed by atoms with Crippen molar-refractivity contribution in [3.63, 3.8) is 0 Å². The number of hydrogen-bond acceptors (Lipinski definition) is 7. The average Bonchev–Trinajstić information content (AvgIpc) is 2.73. The summed E-state index contributed by atoms with van der Waals surface area (Å²) in [6.45, 7) is 1.39. The second-order valence-electron chi connectivity index (χ2n) is 7.62. The minimum atomic E-state index is -3.97. The van der Waals surface area contributed by atoms with Gasteiger partial charge in [-0.25, -0.2) is 22.2 Å². The van der Waals surface area contributed by atoms with Crippen LogP contribution in [0.2, 0.25) is 0 Å².